The van der Waals surface area contributed by atoms with E-state index in [1.54, 1.807) is 30.3 Å². The molecule has 0 radical (unpaired) electrons. The summed E-state index contributed by atoms with van der Waals surface area (Å²) < 4.78 is 43.5. The van der Waals surface area contributed by atoms with Crippen LogP contribution in [0.25, 0.3) is 5.57 Å². The number of carbonyl (C=O) groups is 1. The van der Waals surface area contributed by atoms with Crippen LogP contribution >= 0.6 is 0 Å². The summed E-state index contributed by atoms with van der Waals surface area (Å²) in [6.07, 6.45) is -4.37. The fourth-order valence-electron chi connectivity index (χ4n) is 3.64. The molecule has 0 bridgehead atoms. The van der Waals surface area contributed by atoms with Crippen molar-refractivity contribution in [1.29, 1.82) is 0 Å². The molecule has 1 aliphatic heterocycles. The molecule has 1 aliphatic rings. The maximum absolute atomic E-state index is 12.7. The molecule has 0 unspecified atom stereocenters. The van der Waals surface area contributed by atoms with Crippen LogP contribution in [-0.2, 0) is 24.1 Å². The van der Waals surface area contributed by atoms with Gasteiger partial charge in [0.1, 0.15) is 11.5 Å². The number of benzene rings is 3. The number of phenols is 1. The number of fused-ring (bicyclic) bond motifs is 1. The first-order chi connectivity index (χ1) is 15.3. The van der Waals surface area contributed by atoms with Crippen molar-refractivity contribution in [3.63, 3.8) is 0 Å². The topological polar surface area (TPSA) is 70.9 Å². The molecule has 2 N–H and O–H groups in total. The van der Waals surface area contributed by atoms with Crippen LogP contribution in [-0.4, -0.2) is 18.1 Å². The summed E-state index contributed by atoms with van der Waals surface area (Å²) in [5.74, 6) is 0.134. The number of methoxy groups -OCH3 is 1. The highest BCUT2D eigenvalue weighted by Crippen LogP contribution is 2.29. The smallest absolute Gasteiger partial charge is 0.416 e. The SMILES string of the molecule is COc1ccc(C2=c3c(O)cccc3=NC2=O)cc1CNCc1ccc(C(F)(F)F)cc1. The summed E-state index contributed by atoms with van der Waals surface area (Å²) in [4.78, 5) is 16.5. The molecule has 0 fully saturated rings. The standard InChI is InChI=1S/C24H19F3N2O3/c1-32-20-10-7-15(21-22-18(29-23(21)31)3-2-4-19(22)30)11-16(20)13-28-12-14-5-8-17(9-6-14)24(25,26)27/h2-11,28,30H,12-13H2,1H3. The van der Waals surface area contributed by atoms with Gasteiger partial charge in [-0.15, -0.1) is 0 Å². The van der Waals surface area contributed by atoms with Gasteiger partial charge >= 0.3 is 6.18 Å². The number of aromatic hydroxyl groups is 1. The number of halogens is 3. The Kier molecular flexibility index (Phi) is 5.71. The Bertz CT molecular complexity index is 1300. The average molecular weight is 440 g/mol. The van der Waals surface area contributed by atoms with Crippen molar-refractivity contribution in [1.82, 2.24) is 5.32 Å². The molecule has 0 saturated heterocycles. The van der Waals surface area contributed by atoms with Gasteiger partial charge in [0.15, 0.2) is 0 Å². The Morgan fingerprint density at radius 1 is 1.03 bits per heavy atom. The zero-order valence-electron chi connectivity index (χ0n) is 17.0. The summed E-state index contributed by atoms with van der Waals surface area (Å²) in [7, 11) is 1.53. The fraction of sp³-hybridized carbons (Fsp3) is 0.167. The van der Waals surface area contributed by atoms with Gasteiger partial charge in [-0.05, 0) is 47.5 Å². The van der Waals surface area contributed by atoms with Crippen molar-refractivity contribution in [2.75, 3.05) is 7.11 Å². The summed E-state index contributed by atoms with van der Waals surface area (Å²) in [5.41, 5.74) is 1.66. The monoisotopic (exact) mass is 440 g/mol. The lowest BCUT2D eigenvalue weighted by Gasteiger charge is -2.13. The number of ether oxygens (including phenoxy) is 1. The molecule has 8 heteroatoms. The molecule has 5 nitrogen and oxygen atoms in total. The van der Waals surface area contributed by atoms with E-state index in [2.05, 4.69) is 10.3 Å². The second-order valence-corrected chi connectivity index (χ2v) is 7.29. The molecule has 4 rings (SSSR count). The predicted octanol–water partition coefficient (Wildman–Crippen LogP) is 3.07. The molecular weight excluding hydrogens is 421 g/mol. The second kappa shape index (κ2) is 8.47. The summed E-state index contributed by atoms with van der Waals surface area (Å²) >= 11 is 0. The number of amides is 1. The number of hydrogen-bond acceptors (Lipinski definition) is 4. The molecule has 0 atom stereocenters. The van der Waals surface area contributed by atoms with Gasteiger partial charge in [-0.25, -0.2) is 4.99 Å². The molecule has 3 aromatic carbocycles. The van der Waals surface area contributed by atoms with Crippen molar-refractivity contribution in [3.8, 4) is 11.5 Å². The minimum absolute atomic E-state index is 0.0232. The van der Waals surface area contributed by atoms with E-state index in [1.165, 1.54) is 25.3 Å². The van der Waals surface area contributed by atoms with E-state index < -0.39 is 17.6 Å². The third-order valence-electron chi connectivity index (χ3n) is 5.20. The van der Waals surface area contributed by atoms with E-state index in [4.69, 9.17) is 4.74 Å². The second-order valence-electron chi connectivity index (χ2n) is 7.29. The minimum Gasteiger partial charge on any atom is -0.507 e. The Balaban J connectivity index is 1.58. The highest BCUT2D eigenvalue weighted by Gasteiger charge is 2.29. The molecular formula is C24H19F3N2O3. The molecule has 164 valence electrons. The highest BCUT2D eigenvalue weighted by molar-refractivity contribution is 6.21. The number of phenolic OH excluding ortho intramolecular Hbond substituents is 1. The lowest BCUT2D eigenvalue weighted by molar-refractivity contribution is -0.137. The first-order valence-electron chi connectivity index (χ1n) is 9.77. The molecule has 0 aliphatic carbocycles. The first kappa shape index (κ1) is 21.6. The number of alkyl halides is 3. The minimum atomic E-state index is -4.37. The first-order valence-corrected chi connectivity index (χ1v) is 9.77. The largest absolute Gasteiger partial charge is 0.507 e. The van der Waals surface area contributed by atoms with Gasteiger partial charge in [-0.2, -0.15) is 13.2 Å². The summed E-state index contributed by atoms with van der Waals surface area (Å²) in [6, 6.07) is 15.0. The molecule has 32 heavy (non-hydrogen) atoms. The number of nitrogens with zero attached hydrogens (tertiary/aromatic N) is 1. The van der Waals surface area contributed by atoms with Gasteiger partial charge in [-0.3, -0.25) is 4.79 Å². The number of hydrogen-bond donors (Lipinski definition) is 2. The van der Waals surface area contributed by atoms with Crippen molar-refractivity contribution in [2.24, 2.45) is 4.99 Å². The van der Waals surface area contributed by atoms with Crippen LogP contribution < -0.4 is 20.6 Å². The zero-order valence-corrected chi connectivity index (χ0v) is 17.0. The van der Waals surface area contributed by atoms with E-state index in [1.807, 2.05) is 0 Å². The molecule has 1 amide bonds. The van der Waals surface area contributed by atoms with Crippen LogP contribution in [0.5, 0.6) is 11.5 Å². The number of carbonyl (C=O) groups excluding carboxylic acids is 1. The van der Waals surface area contributed by atoms with Gasteiger partial charge < -0.3 is 15.2 Å². The maximum Gasteiger partial charge on any atom is 0.416 e. The Hall–Kier alpha value is -3.65. The van der Waals surface area contributed by atoms with E-state index in [0.717, 1.165) is 17.7 Å². The Morgan fingerprint density at radius 3 is 2.47 bits per heavy atom. The highest BCUT2D eigenvalue weighted by atomic mass is 19.4. The maximum atomic E-state index is 12.7. The van der Waals surface area contributed by atoms with Gasteiger partial charge in [0.2, 0.25) is 0 Å². The van der Waals surface area contributed by atoms with E-state index in [0.29, 0.717) is 46.1 Å². The van der Waals surface area contributed by atoms with Crippen molar-refractivity contribution < 1.29 is 27.8 Å². The summed E-state index contributed by atoms with van der Waals surface area (Å²) in [5, 5.41) is 14.2. The normalized spacial score (nSPS) is 13.1. The van der Waals surface area contributed by atoms with E-state index in [9.17, 15) is 23.1 Å². The van der Waals surface area contributed by atoms with Gasteiger partial charge in [0.05, 0.1) is 28.8 Å². The molecule has 0 spiro atoms. The van der Waals surface area contributed by atoms with Crippen molar-refractivity contribution in [3.05, 3.63) is 93.5 Å². The van der Waals surface area contributed by atoms with Crippen LogP contribution in [0.1, 0.15) is 22.3 Å². The van der Waals surface area contributed by atoms with Gasteiger partial charge in [-0.1, -0.05) is 24.3 Å². The lowest BCUT2D eigenvalue weighted by atomic mass is 10.00. The van der Waals surface area contributed by atoms with Crippen LogP contribution in [0.2, 0.25) is 0 Å². The predicted molar refractivity (Wildman–Crippen MR) is 111 cm³/mol. The van der Waals surface area contributed by atoms with Crippen LogP contribution in [0.4, 0.5) is 13.2 Å². The lowest BCUT2D eigenvalue weighted by Crippen LogP contribution is -2.23. The Morgan fingerprint density at radius 2 is 1.78 bits per heavy atom. The van der Waals surface area contributed by atoms with Crippen LogP contribution in [0, 0.1) is 0 Å². The van der Waals surface area contributed by atoms with E-state index >= 15 is 0 Å². The zero-order chi connectivity index (χ0) is 22.9. The van der Waals surface area contributed by atoms with Gasteiger partial charge in [0.25, 0.3) is 5.91 Å². The third kappa shape index (κ3) is 4.22. The molecule has 3 aromatic rings. The van der Waals surface area contributed by atoms with Crippen molar-refractivity contribution >= 4 is 11.5 Å². The average Bonchev–Trinajstić information content (AvgIpc) is 3.10. The fourth-order valence-corrected chi connectivity index (χ4v) is 3.64. The Labute approximate surface area is 181 Å². The third-order valence-corrected chi connectivity index (χ3v) is 5.20. The summed E-state index contributed by atoms with van der Waals surface area (Å²) in [6.45, 7) is 0.699. The van der Waals surface area contributed by atoms with E-state index in [-0.39, 0.29) is 5.75 Å². The number of nitrogens with one attached hydrogen (secondary N) is 1. The molecule has 0 saturated carbocycles. The van der Waals surface area contributed by atoms with Crippen LogP contribution in [0.3, 0.4) is 0 Å². The molecule has 0 aromatic heterocycles. The molecule has 1 heterocycles. The van der Waals surface area contributed by atoms with Crippen LogP contribution in [0.15, 0.2) is 65.7 Å². The quantitative estimate of drug-likeness (QED) is 0.618. The number of rotatable bonds is 6. The van der Waals surface area contributed by atoms with Gasteiger partial charge in [0, 0.05) is 18.7 Å². The van der Waals surface area contributed by atoms with Crippen molar-refractivity contribution in [2.45, 2.75) is 19.3 Å².